The van der Waals surface area contributed by atoms with Crippen LogP contribution in [-0.4, -0.2) is 56.4 Å². The van der Waals surface area contributed by atoms with Crippen LogP contribution < -0.4 is 5.56 Å². The van der Waals surface area contributed by atoms with Crippen molar-refractivity contribution in [2.75, 3.05) is 13.1 Å². The van der Waals surface area contributed by atoms with Crippen LogP contribution in [0.4, 0.5) is 0 Å². The number of nitrogens with zero attached hydrogens (tertiary/aromatic N) is 3. The molecule has 0 unspecified atom stereocenters. The molecule has 1 aromatic carbocycles. The molecule has 5 rings (SSSR count). The van der Waals surface area contributed by atoms with E-state index in [1.807, 2.05) is 30.3 Å². The highest BCUT2D eigenvalue weighted by molar-refractivity contribution is 5.94. The van der Waals surface area contributed by atoms with Gasteiger partial charge in [0, 0.05) is 13.0 Å². The summed E-state index contributed by atoms with van der Waals surface area (Å²) in [5.41, 5.74) is -0.0622. The second kappa shape index (κ2) is 5.75. The first-order valence-corrected chi connectivity index (χ1v) is 8.97. The maximum atomic E-state index is 12.9. The normalized spacial score (nSPS) is 29.1. The van der Waals surface area contributed by atoms with E-state index >= 15 is 0 Å². The fraction of sp³-hybridized carbons (Fsp3) is 0.368. The first kappa shape index (κ1) is 16.2. The summed E-state index contributed by atoms with van der Waals surface area (Å²) in [5.74, 6) is -0.334. The highest BCUT2D eigenvalue weighted by Crippen LogP contribution is 2.50. The van der Waals surface area contributed by atoms with E-state index in [4.69, 9.17) is 4.74 Å². The molecular weight excluding hydrogens is 348 g/mol. The fourth-order valence-corrected chi connectivity index (χ4v) is 4.55. The predicted molar refractivity (Wildman–Crippen MR) is 93.6 cm³/mol. The van der Waals surface area contributed by atoms with Crippen molar-refractivity contribution < 1.29 is 14.3 Å². The smallest absolute Gasteiger partial charge is 0.272 e. The molecule has 2 amide bonds. The molecule has 2 aromatic rings. The van der Waals surface area contributed by atoms with Crippen molar-refractivity contribution in [2.24, 2.45) is 0 Å². The Labute approximate surface area is 154 Å². The molecule has 3 aliphatic heterocycles. The Morgan fingerprint density at radius 3 is 2.81 bits per heavy atom. The van der Waals surface area contributed by atoms with Gasteiger partial charge < -0.3 is 19.5 Å². The van der Waals surface area contributed by atoms with Gasteiger partial charge in [0.1, 0.15) is 11.8 Å². The molecule has 8 nitrogen and oxygen atoms in total. The van der Waals surface area contributed by atoms with Crippen LogP contribution in [0.2, 0.25) is 0 Å². The van der Waals surface area contributed by atoms with Gasteiger partial charge in [-0.15, -0.1) is 0 Å². The summed E-state index contributed by atoms with van der Waals surface area (Å²) in [6.45, 7) is 0.955. The molecular formula is C19H18N4O4. The zero-order valence-electron chi connectivity index (χ0n) is 14.5. The number of carbonyl (C=O) groups excluding carboxylic acids is 2. The molecule has 27 heavy (non-hydrogen) atoms. The van der Waals surface area contributed by atoms with Crippen molar-refractivity contribution in [3.8, 4) is 0 Å². The standard InChI is InChI=1S/C19H18N4O4/c24-16-10-20-9-13(21-16)18(26)22-7-6-19-15(22)8-17(25)23(19)11-14(27-19)12-4-2-1-3-5-12/h1-5,9-10,14-15H,6-8,11H2,(H,21,24)/t14-,15-,19+/m1/s1. The van der Waals surface area contributed by atoms with Gasteiger partial charge in [-0.05, 0) is 5.56 Å². The van der Waals surface area contributed by atoms with Crippen molar-refractivity contribution in [3.05, 3.63) is 64.3 Å². The quantitative estimate of drug-likeness (QED) is 0.843. The molecule has 4 heterocycles. The maximum absolute atomic E-state index is 12.9. The summed E-state index contributed by atoms with van der Waals surface area (Å²) >= 11 is 0. The lowest BCUT2D eigenvalue weighted by Gasteiger charge is -2.31. The summed E-state index contributed by atoms with van der Waals surface area (Å²) in [6, 6.07) is 9.44. The Kier molecular flexibility index (Phi) is 3.45. The van der Waals surface area contributed by atoms with Gasteiger partial charge in [-0.25, -0.2) is 0 Å². The number of H-pyrrole nitrogens is 1. The lowest BCUT2D eigenvalue weighted by Crippen LogP contribution is -2.49. The lowest BCUT2D eigenvalue weighted by molar-refractivity contribution is -0.138. The van der Waals surface area contributed by atoms with Crippen LogP contribution in [-0.2, 0) is 9.53 Å². The Bertz CT molecular complexity index is 975. The van der Waals surface area contributed by atoms with Gasteiger partial charge in [0.05, 0.1) is 31.4 Å². The van der Waals surface area contributed by atoms with E-state index in [0.717, 1.165) is 11.8 Å². The number of benzene rings is 1. The van der Waals surface area contributed by atoms with Crippen LogP contribution in [0.5, 0.6) is 0 Å². The molecule has 1 spiro atoms. The van der Waals surface area contributed by atoms with Gasteiger partial charge in [-0.1, -0.05) is 30.3 Å². The van der Waals surface area contributed by atoms with Gasteiger partial charge >= 0.3 is 0 Å². The van der Waals surface area contributed by atoms with Crippen molar-refractivity contribution in [3.63, 3.8) is 0 Å². The number of aromatic nitrogens is 2. The summed E-state index contributed by atoms with van der Waals surface area (Å²) in [4.78, 5) is 46.8. The van der Waals surface area contributed by atoms with E-state index in [1.165, 1.54) is 6.20 Å². The summed E-state index contributed by atoms with van der Waals surface area (Å²) in [7, 11) is 0. The Morgan fingerprint density at radius 1 is 1.22 bits per heavy atom. The van der Waals surface area contributed by atoms with Crippen LogP contribution in [0.25, 0.3) is 0 Å². The van der Waals surface area contributed by atoms with Gasteiger partial charge in [0.2, 0.25) is 5.91 Å². The molecule has 3 aliphatic rings. The molecule has 3 saturated heterocycles. The number of nitrogens with one attached hydrogen (secondary N) is 1. The minimum absolute atomic E-state index is 0.00406. The van der Waals surface area contributed by atoms with E-state index < -0.39 is 11.3 Å². The van der Waals surface area contributed by atoms with Crippen molar-refractivity contribution in [2.45, 2.75) is 30.7 Å². The molecule has 1 aromatic heterocycles. The van der Waals surface area contributed by atoms with E-state index in [1.54, 1.807) is 9.80 Å². The van der Waals surface area contributed by atoms with E-state index in [-0.39, 0.29) is 36.1 Å². The Morgan fingerprint density at radius 2 is 2.04 bits per heavy atom. The van der Waals surface area contributed by atoms with Crippen LogP contribution >= 0.6 is 0 Å². The molecule has 0 saturated carbocycles. The molecule has 138 valence electrons. The van der Waals surface area contributed by atoms with Crippen LogP contribution in [0.15, 0.2) is 47.5 Å². The van der Waals surface area contributed by atoms with E-state index in [0.29, 0.717) is 19.5 Å². The largest absolute Gasteiger partial charge is 0.343 e. The van der Waals surface area contributed by atoms with Crippen LogP contribution in [0, 0.1) is 0 Å². The second-order valence-electron chi connectivity index (χ2n) is 7.14. The SMILES string of the molecule is O=C(c1cncc(=O)[nH]1)N1CC[C@@]23O[C@@H](c4ccccc4)CN2C(=O)C[C@@H]13. The zero-order chi connectivity index (χ0) is 18.6. The number of rotatable bonds is 2. The third-order valence-electron chi connectivity index (χ3n) is 5.74. The number of carbonyl (C=O) groups is 2. The highest BCUT2D eigenvalue weighted by atomic mass is 16.5. The van der Waals surface area contributed by atoms with Crippen LogP contribution in [0.1, 0.15) is 35.0 Å². The summed E-state index contributed by atoms with van der Waals surface area (Å²) in [5, 5.41) is 0. The number of amides is 2. The molecule has 0 bridgehead atoms. The maximum Gasteiger partial charge on any atom is 0.272 e. The number of likely N-dealkylation sites (tertiary alicyclic amines) is 1. The fourth-order valence-electron chi connectivity index (χ4n) is 4.55. The molecule has 1 N–H and O–H groups in total. The molecule has 0 radical (unpaired) electrons. The van der Waals surface area contributed by atoms with Crippen molar-refractivity contribution in [1.82, 2.24) is 19.8 Å². The zero-order valence-corrected chi connectivity index (χ0v) is 14.5. The van der Waals surface area contributed by atoms with Gasteiger partial charge in [0.15, 0.2) is 5.72 Å². The third kappa shape index (κ3) is 2.33. The average Bonchev–Trinajstić information content (AvgIpc) is 3.30. The number of hydrogen-bond donors (Lipinski definition) is 1. The number of hydrogen-bond acceptors (Lipinski definition) is 5. The van der Waals surface area contributed by atoms with E-state index in [2.05, 4.69) is 9.97 Å². The first-order chi connectivity index (χ1) is 13.1. The monoisotopic (exact) mass is 366 g/mol. The summed E-state index contributed by atoms with van der Waals surface area (Å²) < 4.78 is 6.42. The predicted octanol–water partition coefficient (Wildman–Crippen LogP) is 0.684. The number of ether oxygens (including phenoxy) is 1. The molecule has 3 fully saturated rings. The van der Waals surface area contributed by atoms with Crippen molar-refractivity contribution >= 4 is 11.8 Å². The summed E-state index contributed by atoms with van der Waals surface area (Å²) in [6.07, 6.45) is 3.05. The topological polar surface area (TPSA) is 95.6 Å². The third-order valence-corrected chi connectivity index (χ3v) is 5.74. The minimum atomic E-state index is -0.782. The first-order valence-electron chi connectivity index (χ1n) is 8.97. The lowest BCUT2D eigenvalue weighted by atomic mass is 10.1. The molecule has 8 heteroatoms. The second-order valence-corrected chi connectivity index (χ2v) is 7.14. The molecule has 0 aliphatic carbocycles. The average molecular weight is 366 g/mol. The van der Waals surface area contributed by atoms with Crippen LogP contribution in [0.3, 0.4) is 0 Å². The minimum Gasteiger partial charge on any atom is -0.343 e. The van der Waals surface area contributed by atoms with E-state index in [9.17, 15) is 14.4 Å². The van der Waals surface area contributed by atoms with Gasteiger partial charge in [-0.3, -0.25) is 19.4 Å². The van der Waals surface area contributed by atoms with Crippen molar-refractivity contribution in [1.29, 1.82) is 0 Å². The van der Waals surface area contributed by atoms with Gasteiger partial charge in [0.25, 0.3) is 11.5 Å². The van der Waals surface area contributed by atoms with Gasteiger partial charge in [-0.2, -0.15) is 0 Å². The highest BCUT2D eigenvalue weighted by Gasteiger charge is 2.65. The Balaban J connectivity index is 1.46. The number of aromatic amines is 1. The Hall–Kier alpha value is -3.00. The molecule has 3 atom stereocenters.